The quantitative estimate of drug-likeness (QED) is 0.860. The molecule has 1 amide bonds. The number of esters is 1. The zero-order valence-electron chi connectivity index (χ0n) is 12.2. The van der Waals surface area contributed by atoms with Crippen molar-refractivity contribution in [3.05, 3.63) is 21.3 Å². The van der Waals surface area contributed by atoms with Crippen LogP contribution in [0.5, 0.6) is 0 Å². The third-order valence-corrected chi connectivity index (χ3v) is 5.37. The lowest BCUT2D eigenvalue weighted by Gasteiger charge is -2.34. The first-order chi connectivity index (χ1) is 9.97. The number of hydrogen-bond acceptors (Lipinski definition) is 4. The van der Waals surface area contributed by atoms with Gasteiger partial charge in [-0.25, -0.2) is 4.79 Å². The van der Waals surface area contributed by atoms with Gasteiger partial charge in [0.1, 0.15) is 4.88 Å². The van der Waals surface area contributed by atoms with Gasteiger partial charge in [0.15, 0.2) is 6.61 Å². The van der Waals surface area contributed by atoms with Gasteiger partial charge in [0.2, 0.25) is 0 Å². The summed E-state index contributed by atoms with van der Waals surface area (Å²) in [6.45, 7) is 4.13. The van der Waals surface area contributed by atoms with E-state index in [1.165, 1.54) is 6.42 Å². The van der Waals surface area contributed by atoms with Crippen molar-refractivity contribution in [2.45, 2.75) is 39.2 Å². The van der Waals surface area contributed by atoms with Crippen molar-refractivity contribution in [1.82, 2.24) is 5.32 Å². The summed E-state index contributed by atoms with van der Waals surface area (Å²) in [5, 5.41) is 2.97. The Morgan fingerprint density at radius 2 is 2.14 bits per heavy atom. The molecule has 0 unspecified atom stereocenters. The molecule has 0 aromatic carbocycles. The predicted octanol–water partition coefficient (Wildman–Crippen LogP) is 3.50. The van der Waals surface area contributed by atoms with E-state index < -0.39 is 5.97 Å². The second kappa shape index (κ2) is 7.27. The molecular formula is C15H20ClNO3S. The molecule has 0 spiro atoms. The number of rotatable bonds is 4. The standard InChI is InChI=1S/C15H20ClNO3S/c1-9-4-3-5-11(10(9)2)17-14(18)8-20-15(19)12-6-7-13(16)21-12/h6-7,9-11H,3-5,8H2,1-2H3,(H,17,18)/t9-,10+,11-/m0/s1. The van der Waals surface area contributed by atoms with Crippen LogP contribution >= 0.6 is 22.9 Å². The highest BCUT2D eigenvalue weighted by molar-refractivity contribution is 7.17. The molecule has 1 N–H and O–H groups in total. The number of carbonyl (C=O) groups is 2. The minimum absolute atomic E-state index is 0.177. The first-order valence-corrected chi connectivity index (χ1v) is 8.38. The Balaban J connectivity index is 1.78. The molecule has 1 heterocycles. The molecule has 1 aromatic rings. The number of ether oxygens (including phenoxy) is 1. The summed E-state index contributed by atoms with van der Waals surface area (Å²) < 4.78 is 5.53. The largest absolute Gasteiger partial charge is 0.451 e. The number of nitrogens with one attached hydrogen (secondary N) is 1. The van der Waals surface area contributed by atoms with Crippen LogP contribution in [0.1, 0.15) is 42.8 Å². The van der Waals surface area contributed by atoms with Crippen molar-refractivity contribution in [3.63, 3.8) is 0 Å². The smallest absolute Gasteiger partial charge is 0.348 e. The fraction of sp³-hybridized carbons (Fsp3) is 0.600. The van der Waals surface area contributed by atoms with E-state index >= 15 is 0 Å². The Morgan fingerprint density at radius 3 is 2.81 bits per heavy atom. The van der Waals surface area contributed by atoms with E-state index in [2.05, 4.69) is 19.2 Å². The SMILES string of the molecule is C[C@H]1[C@@H](NC(=O)COC(=O)c2ccc(Cl)s2)CCC[C@@H]1C. The molecule has 0 radical (unpaired) electrons. The third kappa shape index (κ3) is 4.45. The Hall–Kier alpha value is -1.07. The lowest BCUT2D eigenvalue weighted by molar-refractivity contribution is -0.125. The lowest BCUT2D eigenvalue weighted by atomic mass is 9.78. The second-order valence-corrected chi connectivity index (χ2v) is 7.34. The van der Waals surface area contributed by atoms with E-state index in [4.69, 9.17) is 16.3 Å². The van der Waals surface area contributed by atoms with E-state index in [1.807, 2.05) is 0 Å². The van der Waals surface area contributed by atoms with Gasteiger partial charge in [0.05, 0.1) is 4.34 Å². The molecule has 2 rings (SSSR count). The summed E-state index contributed by atoms with van der Waals surface area (Å²) in [5.74, 6) is 0.318. The molecule has 0 aliphatic heterocycles. The average Bonchev–Trinajstić information content (AvgIpc) is 2.88. The highest BCUT2D eigenvalue weighted by atomic mass is 35.5. The normalized spacial score (nSPS) is 25.4. The molecule has 3 atom stereocenters. The summed E-state index contributed by atoms with van der Waals surface area (Å²) in [5.41, 5.74) is 0. The maximum Gasteiger partial charge on any atom is 0.348 e. The second-order valence-electron chi connectivity index (χ2n) is 5.62. The zero-order chi connectivity index (χ0) is 15.4. The van der Waals surface area contributed by atoms with Crippen LogP contribution < -0.4 is 5.32 Å². The Bertz CT molecular complexity index is 517. The van der Waals surface area contributed by atoms with Gasteiger partial charge in [0.25, 0.3) is 5.91 Å². The van der Waals surface area contributed by atoms with Crippen LogP contribution in [0.15, 0.2) is 12.1 Å². The highest BCUT2D eigenvalue weighted by Crippen LogP contribution is 2.29. The first-order valence-electron chi connectivity index (χ1n) is 7.19. The summed E-state index contributed by atoms with van der Waals surface area (Å²) in [6.07, 6.45) is 3.33. The van der Waals surface area contributed by atoms with E-state index in [-0.39, 0.29) is 18.6 Å². The van der Waals surface area contributed by atoms with Crippen LogP contribution in [-0.4, -0.2) is 24.5 Å². The van der Waals surface area contributed by atoms with Crippen LogP contribution in [0.3, 0.4) is 0 Å². The molecule has 1 fully saturated rings. The highest BCUT2D eigenvalue weighted by Gasteiger charge is 2.28. The average molecular weight is 330 g/mol. The summed E-state index contributed by atoms with van der Waals surface area (Å²) >= 11 is 6.90. The van der Waals surface area contributed by atoms with Gasteiger partial charge in [-0.2, -0.15) is 0 Å². The topological polar surface area (TPSA) is 55.4 Å². The summed E-state index contributed by atoms with van der Waals surface area (Å²) in [6, 6.07) is 3.41. The molecule has 1 aliphatic carbocycles. The van der Waals surface area contributed by atoms with Crippen LogP contribution in [0.4, 0.5) is 0 Å². The molecule has 4 nitrogen and oxygen atoms in total. The molecule has 6 heteroatoms. The maximum absolute atomic E-state index is 11.9. The van der Waals surface area contributed by atoms with Gasteiger partial charge < -0.3 is 10.1 Å². The van der Waals surface area contributed by atoms with Crippen LogP contribution in [0.25, 0.3) is 0 Å². The monoisotopic (exact) mass is 329 g/mol. The lowest BCUT2D eigenvalue weighted by Crippen LogP contribution is -2.45. The van der Waals surface area contributed by atoms with Gasteiger partial charge in [-0.3, -0.25) is 4.79 Å². The molecule has 21 heavy (non-hydrogen) atoms. The van der Waals surface area contributed by atoms with E-state index in [9.17, 15) is 9.59 Å². The number of thiophene rings is 1. The van der Waals surface area contributed by atoms with Crippen molar-refractivity contribution in [2.24, 2.45) is 11.8 Å². The van der Waals surface area contributed by atoms with Crippen molar-refractivity contribution in [1.29, 1.82) is 0 Å². The number of carbonyl (C=O) groups excluding carboxylic acids is 2. The molecule has 0 bridgehead atoms. The fourth-order valence-electron chi connectivity index (χ4n) is 2.66. The Labute approximate surface area is 133 Å². The molecule has 0 saturated heterocycles. The van der Waals surface area contributed by atoms with Gasteiger partial charge in [-0.15, -0.1) is 11.3 Å². The first kappa shape index (κ1) is 16.3. The number of amides is 1. The number of halogens is 1. The zero-order valence-corrected chi connectivity index (χ0v) is 13.8. The molecule has 1 saturated carbocycles. The Kier molecular flexibility index (Phi) is 5.65. The molecular weight excluding hydrogens is 310 g/mol. The van der Waals surface area contributed by atoms with Crippen LogP contribution in [0, 0.1) is 11.8 Å². The van der Waals surface area contributed by atoms with E-state index in [0.717, 1.165) is 24.2 Å². The maximum atomic E-state index is 11.9. The van der Waals surface area contributed by atoms with Gasteiger partial charge in [-0.05, 0) is 30.4 Å². The summed E-state index contributed by atoms with van der Waals surface area (Å²) in [4.78, 5) is 24.0. The van der Waals surface area contributed by atoms with Gasteiger partial charge in [0, 0.05) is 6.04 Å². The molecule has 1 aliphatic rings. The van der Waals surface area contributed by atoms with Crippen LogP contribution in [-0.2, 0) is 9.53 Å². The van der Waals surface area contributed by atoms with Crippen molar-refractivity contribution in [2.75, 3.05) is 6.61 Å². The van der Waals surface area contributed by atoms with E-state index in [0.29, 0.717) is 21.0 Å². The van der Waals surface area contributed by atoms with Crippen molar-refractivity contribution >= 4 is 34.8 Å². The minimum Gasteiger partial charge on any atom is -0.451 e. The van der Waals surface area contributed by atoms with Gasteiger partial charge >= 0.3 is 5.97 Å². The minimum atomic E-state index is -0.507. The van der Waals surface area contributed by atoms with Crippen molar-refractivity contribution < 1.29 is 14.3 Å². The fourth-order valence-corrected chi connectivity index (χ4v) is 3.60. The third-order valence-electron chi connectivity index (χ3n) is 4.16. The molecule has 1 aromatic heterocycles. The number of hydrogen-bond donors (Lipinski definition) is 1. The van der Waals surface area contributed by atoms with E-state index in [1.54, 1.807) is 12.1 Å². The molecule has 116 valence electrons. The van der Waals surface area contributed by atoms with Gasteiger partial charge in [-0.1, -0.05) is 38.3 Å². The van der Waals surface area contributed by atoms with Crippen LogP contribution in [0.2, 0.25) is 4.34 Å². The van der Waals surface area contributed by atoms with Crippen molar-refractivity contribution in [3.8, 4) is 0 Å². The predicted molar refractivity (Wildman–Crippen MR) is 83.7 cm³/mol. The Morgan fingerprint density at radius 1 is 1.38 bits per heavy atom. The summed E-state index contributed by atoms with van der Waals surface area (Å²) in [7, 11) is 0.